The fourth-order valence-corrected chi connectivity index (χ4v) is 3.51. The monoisotopic (exact) mass is 433 g/mol. The summed E-state index contributed by atoms with van der Waals surface area (Å²) in [4.78, 5) is 47.9. The number of carbonyl (C=O) groups excluding carboxylic acids is 3. The molecule has 0 atom stereocenters. The number of halogens is 1. The molecule has 0 unspecified atom stereocenters. The number of amides is 3. The van der Waals surface area contributed by atoms with Gasteiger partial charge in [-0.2, -0.15) is 0 Å². The zero-order valence-electron chi connectivity index (χ0n) is 14.5. The van der Waals surface area contributed by atoms with E-state index in [0.717, 1.165) is 29.2 Å². The van der Waals surface area contributed by atoms with Crippen molar-refractivity contribution in [2.24, 2.45) is 0 Å². The van der Waals surface area contributed by atoms with Crippen LogP contribution in [0.25, 0.3) is 6.08 Å². The number of hydrogen-bond acceptors (Lipinski definition) is 7. The molecule has 1 fully saturated rings. The first-order chi connectivity index (χ1) is 13.8. The van der Waals surface area contributed by atoms with Gasteiger partial charge in [0, 0.05) is 6.07 Å². The third-order valence-corrected chi connectivity index (χ3v) is 5.05. The summed E-state index contributed by atoms with van der Waals surface area (Å²) in [7, 11) is 0. The lowest BCUT2D eigenvalue weighted by Gasteiger charge is -2.13. The standard InChI is InChI=1S/C18H12ClN3O6S/c19-12-3-1-2-4-13(12)20-16(24)9-21-17(25)15(29-18(21)26)8-10-7-11(23)5-6-14(10)22(27)28/h1-8,23H,9H2,(H,20,24)/b15-8+. The van der Waals surface area contributed by atoms with Crippen molar-refractivity contribution in [2.75, 3.05) is 11.9 Å². The number of imide groups is 1. The Labute approximate surface area is 173 Å². The van der Waals surface area contributed by atoms with E-state index in [1.54, 1.807) is 24.3 Å². The second kappa shape index (κ2) is 8.33. The second-order valence-corrected chi connectivity index (χ2v) is 7.20. The molecule has 2 N–H and O–H groups in total. The maximum Gasteiger partial charge on any atom is 0.294 e. The molecule has 2 aromatic carbocycles. The van der Waals surface area contributed by atoms with Gasteiger partial charge in [-0.05, 0) is 42.1 Å². The molecule has 1 aliphatic rings. The van der Waals surface area contributed by atoms with Gasteiger partial charge in [0.25, 0.3) is 16.8 Å². The minimum atomic E-state index is -0.771. The summed E-state index contributed by atoms with van der Waals surface area (Å²) in [5.74, 6) is -1.64. The number of phenolic OH excluding ortho intramolecular Hbond substituents is 1. The van der Waals surface area contributed by atoms with Gasteiger partial charge in [-0.25, -0.2) is 0 Å². The highest BCUT2D eigenvalue weighted by Crippen LogP contribution is 2.35. The lowest BCUT2D eigenvalue weighted by Crippen LogP contribution is -2.36. The lowest BCUT2D eigenvalue weighted by atomic mass is 10.1. The average molecular weight is 434 g/mol. The number of nitro benzene ring substituents is 1. The predicted molar refractivity (Wildman–Crippen MR) is 108 cm³/mol. The van der Waals surface area contributed by atoms with Crippen LogP contribution in [-0.4, -0.2) is 38.5 Å². The summed E-state index contributed by atoms with van der Waals surface area (Å²) >= 11 is 6.50. The number of thioether (sulfide) groups is 1. The van der Waals surface area contributed by atoms with Gasteiger partial charge in [0.15, 0.2) is 0 Å². The zero-order chi connectivity index (χ0) is 21.1. The predicted octanol–water partition coefficient (Wildman–Crippen LogP) is 3.63. The topological polar surface area (TPSA) is 130 Å². The van der Waals surface area contributed by atoms with Crippen LogP contribution in [-0.2, 0) is 9.59 Å². The number of nitrogens with one attached hydrogen (secondary N) is 1. The van der Waals surface area contributed by atoms with Gasteiger partial charge >= 0.3 is 0 Å². The highest BCUT2D eigenvalue weighted by Gasteiger charge is 2.36. The van der Waals surface area contributed by atoms with E-state index in [-0.39, 0.29) is 21.9 Å². The number of benzene rings is 2. The molecule has 3 amide bonds. The summed E-state index contributed by atoms with van der Waals surface area (Å²) in [5, 5.41) is 22.8. The Hall–Kier alpha value is -3.37. The van der Waals surface area contributed by atoms with Crippen molar-refractivity contribution in [3.05, 3.63) is 68.1 Å². The van der Waals surface area contributed by atoms with Crippen LogP contribution >= 0.6 is 23.4 Å². The third-order valence-electron chi connectivity index (χ3n) is 3.82. The largest absolute Gasteiger partial charge is 0.508 e. The minimum absolute atomic E-state index is 0.0407. The number of nitro groups is 1. The molecule has 0 radical (unpaired) electrons. The van der Waals surface area contributed by atoms with Crippen LogP contribution in [0.1, 0.15) is 5.56 Å². The smallest absolute Gasteiger partial charge is 0.294 e. The van der Waals surface area contributed by atoms with Crippen molar-refractivity contribution in [3.8, 4) is 5.75 Å². The van der Waals surface area contributed by atoms with E-state index >= 15 is 0 Å². The van der Waals surface area contributed by atoms with E-state index in [4.69, 9.17) is 11.6 Å². The Kier molecular flexibility index (Phi) is 5.85. The average Bonchev–Trinajstić information content (AvgIpc) is 2.91. The fraction of sp³-hybridized carbons (Fsp3) is 0.0556. The molecule has 3 rings (SSSR count). The Bertz CT molecular complexity index is 1070. The minimum Gasteiger partial charge on any atom is -0.508 e. The maximum atomic E-state index is 12.5. The Morgan fingerprint density at radius 3 is 2.69 bits per heavy atom. The van der Waals surface area contributed by atoms with Crippen molar-refractivity contribution >= 4 is 57.9 Å². The first-order valence-corrected chi connectivity index (χ1v) is 9.23. The molecule has 1 aliphatic heterocycles. The number of nitrogens with zero attached hydrogens (tertiary/aromatic N) is 2. The van der Waals surface area contributed by atoms with Gasteiger partial charge < -0.3 is 10.4 Å². The number of rotatable bonds is 5. The van der Waals surface area contributed by atoms with Crippen LogP contribution in [0.5, 0.6) is 5.75 Å². The second-order valence-electron chi connectivity index (χ2n) is 5.80. The van der Waals surface area contributed by atoms with Crippen LogP contribution in [0.15, 0.2) is 47.4 Å². The summed E-state index contributed by atoms with van der Waals surface area (Å²) in [6, 6.07) is 9.81. The first kappa shape index (κ1) is 20.4. The van der Waals surface area contributed by atoms with E-state index in [9.17, 15) is 29.6 Å². The highest BCUT2D eigenvalue weighted by atomic mass is 35.5. The molecule has 11 heteroatoms. The van der Waals surface area contributed by atoms with Crippen LogP contribution in [0, 0.1) is 10.1 Å². The SMILES string of the molecule is O=C(CN1C(=O)S/C(=C/c2cc(O)ccc2[N+](=O)[O-])C1=O)Nc1ccccc1Cl. The maximum absolute atomic E-state index is 12.5. The number of anilines is 1. The number of para-hydroxylation sites is 1. The van der Waals surface area contributed by atoms with Gasteiger partial charge in [0.2, 0.25) is 5.91 Å². The zero-order valence-corrected chi connectivity index (χ0v) is 16.1. The summed E-state index contributed by atoms with van der Waals surface area (Å²) in [6.45, 7) is -0.546. The number of aromatic hydroxyl groups is 1. The molecular weight excluding hydrogens is 422 g/mol. The van der Waals surface area contributed by atoms with Crippen molar-refractivity contribution in [1.29, 1.82) is 0 Å². The van der Waals surface area contributed by atoms with Crippen molar-refractivity contribution in [2.45, 2.75) is 0 Å². The van der Waals surface area contributed by atoms with Crippen molar-refractivity contribution < 1.29 is 24.4 Å². The van der Waals surface area contributed by atoms with E-state index in [2.05, 4.69) is 5.32 Å². The first-order valence-electron chi connectivity index (χ1n) is 8.03. The third kappa shape index (κ3) is 4.55. The molecule has 0 aromatic heterocycles. The van der Waals surface area contributed by atoms with Crippen LogP contribution in [0.2, 0.25) is 5.02 Å². The number of phenols is 1. The number of carbonyl (C=O) groups is 3. The molecule has 1 heterocycles. The van der Waals surface area contributed by atoms with Crippen LogP contribution < -0.4 is 5.32 Å². The molecule has 1 saturated heterocycles. The number of hydrogen-bond donors (Lipinski definition) is 2. The van der Waals surface area contributed by atoms with E-state index in [0.29, 0.717) is 22.5 Å². The molecule has 148 valence electrons. The quantitative estimate of drug-likeness (QED) is 0.418. The molecular formula is C18H12ClN3O6S. The summed E-state index contributed by atoms with van der Waals surface area (Å²) < 4.78 is 0. The van der Waals surface area contributed by atoms with Crippen molar-refractivity contribution in [1.82, 2.24) is 4.90 Å². The molecule has 0 spiro atoms. The van der Waals surface area contributed by atoms with Gasteiger partial charge in [0.1, 0.15) is 12.3 Å². The molecule has 29 heavy (non-hydrogen) atoms. The Morgan fingerprint density at radius 1 is 1.28 bits per heavy atom. The van der Waals surface area contributed by atoms with Crippen molar-refractivity contribution in [3.63, 3.8) is 0 Å². The molecule has 0 saturated carbocycles. The molecule has 2 aromatic rings. The molecule has 0 bridgehead atoms. The van der Waals surface area contributed by atoms with Crippen LogP contribution in [0.4, 0.5) is 16.2 Å². The van der Waals surface area contributed by atoms with Crippen LogP contribution in [0.3, 0.4) is 0 Å². The lowest BCUT2D eigenvalue weighted by molar-refractivity contribution is -0.385. The van der Waals surface area contributed by atoms with Gasteiger partial charge in [-0.1, -0.05) is 23.7 Å². The Balaban J connectivity index is 1.79. The van der Waals surface area contributed by atoms with Gasteiger partial charge in [-0.15, -0.1) is 0 Å². The Morgan fingerprint density at radius 2 is 2.00 bits per heavy atom. The highest BCUT2D eigenvalue weighted by molar-refractivity contribution is 8.18. The fourth-order valence-electron chi connectivity index (χ4n) is 2.50. The van der Waals surface area contributed by atoms with E-state index < -0.39 is 28.5 Å². The van der Waals surface area contributed by atoms with Gasteiger partial charge in [0.05, 0.1) is 26.1 Å². The summed E-state index contributed by atoms with van der Waals surface area (Å²) in [5.41, 5.74) is -0.0517. The normalized spacial score (nSPS) is 15.1. The molecule has 0 aliphatic carbocycles. The molecule has 9 nitrogen and oxygen atoms in total. The van der Waals surface area contributed by atoms with E-state index in [1.165, 1.54) is 0 Å². The van der Waals surface area contributed by atoms with Gasteiger partial charge in [-0.3, -0.25) is 29.4 Å². The van der Waals surface area contributed by atoms with E-state index in [1.807, 2.05) is 0 Å². The summed E-state index contributed by atoms with van der Waals surface area (Å²) in [6.07, 6.45) is 1.13.